The van der Waals surface area contributed by atoms with Gasteiger partial charge in [0.2, 0.25) is 5.95 Å². The van der Waals surface area contributed by atoms with Gasteiger partial charge >= 0.3 is 6.01 Å². The Balaban J connectivity index is 2.18. The van der Waals surface area contributed by atoms with E-state index >= 15 is 0 Å². The van der Waals surface area contributed by atoms with Gasteiger partial charge in [-0.2, -0.15) is 4.98 Å². The van der Waals surface area contributed by atoms with Gasteiger partial charge < -0.3 is 10.5 Å². The number of aryl methyl sites for hydroxylation is 1. The monoisotopic (exact) mass is 232 g/mol. The average Bonchev–Trinajstić information content (AvgIpc) is 2.60. The number of ether oxygens (including phenoxy) is 1. The molecule has 0 atom stereocenters. The van der Waals surface area contributed by atoms with E-state index in [1.807, 2.05) is 19.1 Å². The van der Waals surface area contributed by atoms with Crippen molar-refractivity contribution in [3.8, 4) is 6.01 Å². The zero-order chi connectivity index (χ0) is 12.3. The van der Waals surface area contributed by atoms with Gasteiger partial charge in [0.15, 0.2) is 0 Å². The van der Waals surface area contributed by atoms with E-state index in [1.165, 1.54) is 5.56 Å². The number of anilines is 1. The van der Waals surface area contributed by atoms with Crippen LogP contribution in [-0.2, 0) is 6.54 Å². The summed E-state index contributed by atoms with van der Waals surface area (Å²) in [6, 6.07) is 8.54. The van der Waals surface area contributed by atoms with Crippen molar-refractivity contribution in [2.75, 3.05) is 12.3 Å². The number of hydrogen-bond donors (Lipinski definition) is 1. The van der Waals surface area contributed by atoms with Crippen molar-refractivity contribution < 1.29 is 4.74 Å². The van der Waals surface area contributed by atoms with Gasteiger partial charge in [0.05, 0.1) is 13.2 Å². The first-order valence-electron chi connectivity index (χ1n) is 5.57. The molecular formula is C12H16N4O. The molecule has 0 saturated heterocycles. The number of nitrogens with two attached hydrogens (primary N) is 1. The first kappa shape index (κ1) is 11.4. The summed E-state index contributed by atoms with van der Waals surface area (Å²) in [4.78, 5) is 4.03. The molecule has 1 aromatic carbocycles. The Bertz CT molecular complexity index is 507. The van der Waals surface area contributed by atoms with Gasteiger partial charge in [0.25, 0.3) is 0 Å². The SMILES string of the molecule is CCOc1nc(N)n(Cc2cccc(C)c2)n1. The minimum Gasteiger partial charge on any atom is -0.463 e. The fourth-order valence-corrected chi connectivity index (χ4v) is 1.62. The summed E-state index contributed by atoms with van der Waals surface area (Å²) in [7, 11) is 0. The van der Waals surface area contributed by atoms with Crippen LogP contribution in [0.5, 0.6) is 6.01 Å². The standard InChI is InChI=1S/C12H16N4O/c1-3-17-12-14-11(13)16(15-12)8-10-6-4-5-9(2)7-10/h4-7H,3,8H2,1-2H3,(H2,13,14,15). The lowest BCUT2D eigenvalue weighted by Gasteiger charge is -2.03. The maximum absolute atomic E-state index is 5.77. The Hall–Kier alpha value is -2.04. The molecule has 1 aromatic heterocycles. The molecule has 5 nitrogen and oxygen atoms in total. The van der Waals surface area contributed by atoms with E-state index in [0.29, 0.717) is 25.1 Å². The molecule has 2 N–H and O–H groups in total. The van der Waals surface area contributed by atoms with E-state index in [4.69, 9.17) is 10.5 Å². The molecule has 0 spiro atoms. The molecule has 0 unspecified atom stereocenters. The van der Waals surface area contributed by atoms with E-state index in [2.05, 4.69) is 29.1 Å². The minimum atomic E-state index is 0.331. The van der Waals surface area contributed by atoms with Gasteiger partial charge in [-0.25, -0.2) is 4.68 Å². The number of benzene rings is 1. The lowest BCUT2D eigenvalue weighted by molar-refractivity contribution is 0.311. The second-order valence-corrected chi connectivity index (χ2v) is 3.83. The normalized spacial score (nSPS) is 10.5. The third kappa shape index (κ3) is 2.75. The molecule has 90 valence electrons. The zero-order valence-corrected chi connectivity index (χ0v) is 10.1. The molecule has 0 radical (unpaired) electrons. The number of nitrogen functional groups attached to an aromatic ring is 1. The Morgan fingerprint density at radius 1 is 1.41 bits per heavy atom. The van der Waals surface area contributed by atoms with Crippen LogP contribution in [0.15, 0.2) is 24.3 Å². The third-order valence-electron chi connectivity index (χ3n) is 2.37. The highest BCUT2D eigenvalue weighted by Crippen LogP contribution is 2.11. The quantitative estimate of drug-likeness (QED) is 0.869. The summed E-state index contributed by atoms with van der Waals surface area (Å²) < 4.78 is 6.84. The molecule has 0 fully saturated rings. The summed E-state index contributed by atoms with van der Waals surface area (Å²) in [6.45, 7) is 5.08. The molecule has 2 rings (SSSR count). The Labute approximate surface area is 100 Å². The molecule has 0 saturated carbocycles. The minimum absolute atomic E-state index is 0.331. The van der Waals surface area contributed by atoms with E-state index in [9.17, 15) is 0 Å². The van der Waals surface area contributed by atoms with Crippen LogP contribution in [0, 0.1) is 6.92 Å². The third-order valence-corrected chi connectivity index (χ3v) is 2.37. The Morgan fingerprint density at radius 2 is 2.24 bits per heavy atom. The highest BCUT2D eigenvalue weighted by molar-refractivity contribution is 5.25. The van der Waals surface area contributed by atoms with Crippen molar-refractivity contribution >= 4 is 5.95 Å². The van der Waals surface area contributed by atoms with Crippen LogP contribution >= 0.6 is 0 Å². The van der Waals surface area contributed by atoms with Crippen LogP contribution < -0.4 is 10.5 Å². The van der Waals surface area contributed by atoms with Crippen molar-refractivity contribution in [3.63, 3.8) is 0 Å². The Kier molecular flexibility index (Phi) is 3.27. The van der Waals surface area contributed by atoms with Crippen molar-refractivity contribution in [1.82, 2.24) is 14.8 Å². The van der Waals surface area contributed by atoms with Crippen molar-refractivity contribution in [1.29, 1.82) is 0 Å². The van der Waals surface area contributed by atoms with E-state index in [1.54, 1.807) is 4.68 Å². The van der Waals surface area contributed by atoms with Gasteiger partial charge in [-0.3, -0.25) is 0 Å². The molecule has 0 bridgehead atoms. The van der Waals surface area contributed by atoms with Crippen LogP contribution in [0.1, 0.15) is 18.1 Å². The van der Waals surface area contributed by atoms with Crippen molar-refractivity contribution in [2.45, 2.75) is 20.4 Å². The number of rotatable bonds is 4. The first-order valence-corrected chi connectivity index (χ1v) is 5.57. The molecule has 2 aromatic rings. The van der Waals surface area contributed by atoms with Crippen LogP contribution in [0.2, 0.25) is 0 Å². The number of nitrogens with zero attached hydrogens (tertiary/aromatic N) is 3. The Morgan fingerprint density at radius 3 is 2.94 bits per heavy atom. The number of aromatic nitrogens is 3. The summed E-state index contributed by atoms with van der Waals surface area (Å²) in [5.74, 6) is 0.370. The smallest absolute Gasteiger partial charge is 0.337 e. The number of hydrogen-bond acceptors (Lipinski definition) is 4. The van der Waals surface area contributed by atoms with Gasteiger partial charge in [-0.15, -0.1) is 5.10 Å². The summed E-state index contributed by atoms with van der Waals surface area (Å²) in [5, 5.41) is 4.18. The lowest BCUT2D eigenvalue weighted by Crippen LogP contribution is -2.06. The predicted molar refractivity (Wildman–Crippen MR) is 65.9 cm³/mol. The molecule has 17 heavy (non-hydrogen) atoms. The maximum atomic E-state index is 5.77. The second-order valence-electron chi connectivity index (χ2n) is 3.83. The summed E-state index contributed by atoms with van der Waals surface area (Å²) in [6.07, 6.45) is 0. The largest absolute Gasteiger partial charge is 0.463 e. The molecule has 1 heterocycles. The highest BCUT2D eigenvalue weighted by atomic mass is 16.5. The topological polar surface area (TPSA) is 66.0 Å². The molecule has 0 aliphatic carbocycles. The van der Waals surface area contributed by atoms with Gasteiger partial charge in [-0.1, -0.05) is 29.8 Å². The fraction of sp³-hybridized carbons (Fsp3) is 0.333. The van der Waals surface area contributed by atoms with Crippen molar-refractivity contribution in [2.24, 2.45) is 0 Å². The molecule has 0 aliphatic heterocycles. The van der Waals surface area contributed by atoms with Gasteiger partial charge in [0.1, 0.15) is 0 Å². The molecule has 0 aliphatic rings. The van der Waals surface area contributed by atoms with Crippen LogP contribution in [0.4, 0.5) is 5.95 Å². The van der Waals surface area contributed by atoms with Crippen LogP contribution in [0.25, 0.3) is 0 Å². The first-order chi connectivity index (χ1) is 8.19. The van der Waals surface area contributed by atoms with Crippen LogP contribution in [-0.4, -0.2) is 21.4 Å². The average molecular weight is 232 g/mol. The van der Waals surface area contributed by atoms with E-state index < -0.39 is 0 Å². The van der Waals surface area contributed by atoms with Crippen LogP contribution in [0.3, 0.4) is 0 Å². The molecular weight excluding hydrogens is 216 g/mol. The molecule has 0 amide bonds. The zero-order valence-electron chi connectivity index (χ0n) is 10.1. The van der Waals surface area contributed by atoms with Crippen molar-refractivity contribution in [3.05, 3.63) is 35.4 Å². The van der Waals surface area contributed by atoms with Gasteiger partial charge in [-0.05, 0) is 19.4 Å². The fourth-order valence-electron chi connectivity index (χ4n) is 1.62. The second kappa shape index (κ2) is 4.86. The maximum Gasteiger partial charge on any atom is 0.337 e. The highest BCUT2D eigenvalue weighted by Gasteiger charge is 2.07. The summed E-state index contributed by atoms with van der Waals surface area (Å²) >= 11 is 0. The predicted octanol–water partition coefficient (Wildman–Crippen LogP) is 1.62. The lowest BCUT2D eigenvalue weighted by atomic mass is 10.1. The molecule has 5 heteroatoms. The van der Waals surface area contributed by atoms with E-state index in [0.717, 1.165) is 5.56 Å². The van der Waals surface area contributed by atoms with E-state index in [-0.39, 0.29) is 0 Å². The van der Waals surface area contributed by atoms with Gasteiger partial charge in [0, 0.05) is 0 Å². The summed E-state index contributed by atoms with van der Waals surface area (Å²) in [5.41, 5.74) is 8.12.